The Morgan fingerprint density at radius 2 is 1.31 bits per heavy atom. The van der Waals surface area contributed by atoms with Gasteiger partial charge in [-0.05, 0) is 112 Å². The molecule has 0 spiro atoms. The zero-order valence-corrected chi connectivity index (χ0v) is 32.7. The molecule has 0 radical (unpaired) electrons. The van der Waals surface area contributed by atoms with Crippen molar-refractivity contribution in [2.45, 2.75) is 19.3 Å². The highest BCUT2D eigenvalue weighted by molar-refractivity contribution is 6.11. The number of para-hydroxylation sites is 3. The Bertz CT molecular complexity index is 2880. The molecule has 1 aliphatic heterocycles. The van der Waals surface area contributed by atoms with Gasteiger partial charge in [0.1, 0.15) is 0 Å². The van der Waals surface area contributed by atoms with Crippen LogP contribution in [0.1, 0.15) is 30.4 Å². The van der Waals surface area contributed by atoms with Gasteiger partial charge >= 0.3 is 0 Å². The van der Waals surface area contributed by atoms with Crippen LogP contribution in [-0.4, -0.2) is 11.1 Å². The Balaban J connectivity index is 1.13. The van der Waals surface area contributed by atoms with E-state index in [1.165, 1.54) is 66.7 Å². The third-order valence-electron chi connectivity index (χ3n) is 11.9. The number of benzene rings is 7. The van der Waals surface area contributed by atoms with Crippen LogP contribution in [0.2, 0.25) is 0 Å². The maximum absolute atomic E-state index is 4.59. The van der Waals surface area contributed by atoms with E-state index in [1.54, 1.807) is 0 Å². The SMILES string of the molecule is C=C(/C=C(/C1=CC=C2C(C1)c1cc3c4ccccc4n(-c4ccccc4)c3cc1N2c1cccc(-c2ccccc2)c1)C(C)CNc1ccccc1)c1ccccc1. The van der Waals surface area contributed by atoms with Crippen molar-refractivity contribution in [2.75, 3.05) is 16.8 Å². The summed E-state index contributed by atoms with van der Waals surface area (Å²) in [5.41, 5.74) is 17.1. The fourth-order valence-corrected chi connectivity index (χ4v) is 9.05. The molecule has 0 bridgehead atoms. The molecule has 2 aliphatic rings. The molecule has 0 fully saturated rings. The van der Waals surface area contributed by atoms with Gasteiger partial charge in [-0.3, -0.25) is 0 Å². The Labute approximate surface area is 341 Å². The monoisotopic (exact) mass is 747 g/mol. The lowest BCUT2D eigenvalue weighted by Crippen LogP contribution is -2.19. The predicted octanol–water partition coefficient (Wildman–Crippen LogP) is 14.3. The zero-order valence-electron chi connectivity index (χ0n) is 32.7. The molecule has 2 unspecified atom stereocenters. The molecule has 0 amide bonds. The van der Waals surface area contributed by atoms with Gasteiger partial charge in [0.05, 0.1) is 16.7 Å². The summed E-state index contributed by atoms with van der Waals surface area (Å²) < 4.78 is 2.43. The molecule has 1 aromatic heterocycles. The molecular formula is C55H45N3. The van der Waals surface area contributed by atoms with E-state index < -0.39 is 0 Å². The van der Waals surface area contributed by atoms with E-state index in [0.29, 0.717) is 0 Å². The molecule has 1 aliphatic carbocycles. The molecule has 3 nitrogen and oxygen atoms in total. The molecule has 3 heteroatoms. The summed E-state index contributed by atoms with van der Waals surface area (Å²) >= 11 is 0. The van der Waals surface area contributed by atoms with Crippen LogP contribution in [0, 0.1) is 5.92 Å². The maximum atomic E-state index is 4.59. The van der Waals surface area contributed by atoms with E-state index in [2.05, 4.69) is 229 Å². The highest BCUT2D eigenvalue weighted by atomic mass is 15.2. The van der Waals surface area contributed by atoms with Crippen LogP contribution in [-0.2, 0) is 0 Å². The third kappa shape index (κ3) is 6.45. The van der Waals surface area contributed by atoms with Gasteiger partial charge in [-0.2, -0.15) is 0 Å². The third-order valence-corrected chi connectivity index (χ3v) is 11.9. The van der Waals surface area contributed by atoms with Gasteiger partial charge in [-0.15, -0.1) is 0 Å². The number of allylic oxidation sites excluding steroid dienone is 6. The van der Waals surface area contributed by atoms with Crippen LogP contribution in [0.25, 0.3) is 44.2 Å². The van der Waals surface area contributed by atoms with Crippen LogP contribution in [0.4, 0.5) is 17.1 Å². The first-order chi connectivity index (χ1) is 28.6. The summed E-state index contributed by atoms with van der Waals surface area (Å²) in [5, 5.41) is 6.26. The van der Waals surface area contributed by atoms with Gasteiger partial charge in [0.2, 0.25) is 0 Å². The van der Waals surface area contributed by atoms with E-state index in [0.717, 1.165) is 35.5 Å². The number of fused-ring (bicyclic) bond motifs is 6. The highest BCUT2D eigenvalue weighted by Crippen LogP contribution is 2.55. The van der Waals surface area contributed by atoms with Gasteiger partial charge in [-0.25, -0.2) is 0 Å². The molecule has 0 saturated heterocycles. The molecule has 2 heterocycles. The molecule has 58 heavy (non-hydrogen) atoms. The molecule has 1 N–H and O–H groups in total. The van der Waals surface area contributed by atoms with Gasteiger partial charge < -0.3 is 14.8 Å². The Morgan fingerprint density at radius 1 is 0.655 bits per heavy atom. The minimum absolute atomic E-state index is 0.168. The molecule has 7 aromatic carbocycles. The second-order valence-corrected chi connectivity index (χ2v) is 15.5. The predicted molar refractivity (Wildman–Crippen MR) is 246 cm³/mol. The quantitative estimate of drug-likeness (QED) is 0.141. The highest BCUT2D eigenvalue weighted by Gasteiger charge is 2.38. The first-order valence-corrected chi connectivity index (χ1v) is 20.3. The van der Waals surface area contributed by atoms with Crippen LogP contribution >= 0.6 is 0 Å². The van der Waals surface area contributed by atoms with Crippen molar-refractivity contribution in [3.63, 3.8) is 0 Å². The molecular weight excluding hydrogens is 703 g/mol. The Hall–Kier alpha value is -7.10. The number of nitrogens with zero attached hydrogens (tertiary/aromatic N) is 2. The summed E-state index contributed by atoms with van der Waals surface area (Å²) in [6, 6.07) is 65.4. The van der Waals surface area contributed by atoms with Crippen molar-refractivity contribution in [1.82, 2.24) is 4.57 Å². The van der Waals surface area contributed by atoms with Gasteiger partial charge in [0.25, 0.3) is 0 Å². The normalized spacial score (nSPS) is 15.4. The number of hydrogen-bond acceptors (Lipinski definition) is 2. The zero-order chi connectivity index (χ0) is 39.0. The molecule has 2 atom stereocenters. The smallest absolute Gasteiger partial charge is 0.0562 e. The van der Waals surface area contributed by atoms with Crippen molar-refractivity contribution in [3.05, 3.63) is 235 Å². The lowest BCUT2D eigenvalue weighted by Gasteiger charge is -2.29. The average molecular weight is 748 g/mol. The number of aromatic nitrogens is 1. The minimum atomic E-state index is 0.168. The summed E-state index contributed by atoms with van der Waals surface area (Å²) in [4.78, 5) is 2.53. The van der Waals surface area contributed by atoms with E-state index in [-0.39, 0.29) is 11.8 Å². The van der Waals surface area contributed by atoms with E-state index >= 15 is 0 Å². The first kappa shape index (κ1) is 35.3. The van der Waals surface area contributed by atoms with Gasteiger partial charge in [-0.1, -0.05) is 153 Å². The van der Waals surface area contributed by atoms with Crippen LogP contribution in [0.15, 0.2) is 224 Å². The fraction of sp³-hybridized carbons (Fsp3) is 0.0909. The second kappa shape index (κ2) is 15.1. The molecule has 10 rings (SSSR count). The fourth-order valence-electron chi connectivity index (χ4n) is 9.05. The largest absolute Gasteiger partial charge is 0.384 e. The number of rotatable bonds is 10. The Morgan fingerprint density at radius 3 is 2.09 bits per heavy atom. The summed E-state index contributed by atoms with van der Waals surface area (Å²) in [5.74, 6) is 0.397. The van der Waals surface area contributed by atoms with Crippen LogP contribution < -0.4 is 10.2 Å². The van der Waals surface area contributed by atoms with Crippen LogP contribution in [0.3, 0.4) is 0 Å². The van der Waals surface area contributed by atoms with Crippen molar-refractivity contribution >= 4 is 44.4 Å². The lowest BCUT2D eigenvalue weighted by atomic mass is 9.80. The van der Waals surface area contributed by atoms with Crippen molar-refractivity contribution in [2.24, 2.45) is 5.92 Å². The van der Waals surface area contributed by atoms with E-state index in [4.69, 9.17) is 0 Å². The lowest BCUT2D eigenvalue weighted by molar-refractivity contribution is 0.695. The molecule has 280 valence electrons. The number of anilines is 3. The second-order valence-electron chi connectivity index (χ2n) is 15.5. The average Bonchev–Trinajstić information content (AvgIpc) is 3.79. The van der Waals surface area contributed by atoms with E-state index in [9.17, 15) is 0 Å². The summed E-state index contributed by atoms with van der Waals surface area (Å²) in [6.45, 7) is 7.74. The van der Waals surface area contributed by atoms with Gasteiger partial charge in [0.15, 0.2) is 0 Å². The number of nitrogens with one attached hydrogen (secondary N) is 1. The number of hydrogen-bond donors (Lipinski definition) is 1. The Kier molecular flexibility index (Phi) is 9.20. The van der Waals surface area contributed by atoms with Crippen molar-refractivity contribution in [3.8, 4) is 16.8 Å². The van der Waals surface area contributed by atoms with Crippen LogP contribution in [0.5, 0.6) is 0 Å². The van der Waals surface area contributed by atoms with Crippen molar-refractivity contribution in [1.29, 1.82) is 0 Å². The van der Waals surface area contributed by atoms with Crippen molar-refractivity contribution < 1.29 is 0 Å². The molecule has 0 saturated carbocycles. The minimum Gasteiger partial charge on any atom is -0.384 e. The maximum Gasteiger partial charge on any atom is 0.0562 e. The standard InChI is InChI=1S/C55H45N3/c1-38(40-18-7-3-8-19-40)32-48(39(2)37-56-44-23-11-5-12-24-44)43-30-31-53-49(34-43)51-35-50-47-28-15-16-29-52(47)57(45-25-13-6-14-26-45)54(50)36-55(51)58(53)46-27-17-22-42(33-46)41-20-9-4-10-21-41/h3-33,35-36,39,49,56H,1,34,37H2,2H3/b48-32+. The first-order valence-electron chi connectivity index (χ1n) is 20.3. The summed E-state index contributed by atoms with van der Waals surface area (Å²) in [7, 11) is 0. The van der Waals surface area contributed by atoms with E-state index in [1.807, 2.05) is 0 Å². The topological polar surface area (TPSA) is 20.2 Å². The summed E-state index contributed by atoms with van der Waals surface area (Å²) in [6.07, 6.45) is 8.00. The molecule has 8 aromatic rings. The van der Waals surface area contributed by atoms with Gasteiger partial charge in [0, 0.05) is 46.0 Å².